The summed E-state index contributed by atoms with van der Waals surface area (Å²) in [6.07, 6.45) is -1.01. The van der Waals surface area contributed by atoms with Gasteiger partial charge >= 0.3 is 6.16 Å². The molecule has 0 saturated heterocycles. The second-order valence-electron chi connectivity index (χ2n) is 7.72. The Morgan fingerprint density at radius 2 is 1.15 bits per heavy atom. The van der Waals surface area contributed by atoms with E-state index in [9.17, 15) is 25.0 Å². The molecule has 2 aromatic carbocycles. The Hall–Kier alpha value is -4.29. The van der Waals surface area contributed by atoms with Crippen molar-refractivity contribution in [2.24, 2.45) is 0 Å². The van der Waals surface area contributed by atoms with E-state index in [1.165, 1.54) is 24.3 Å². The summed E-state index contributed by atoms with van der Waals surface area (Å²) < 4.78 is 31.1. The summed E-state index contributed by atoms with van der Waals surface area (Å²) in [4.78, 5) is 33.9. The Labute approximate surface area is 192 Å². The Balaban J connectivity index is 1.36. The molecule has 180 valence electrons. The summed E-state index contributed by atoms with van der Waals surface area (Å²) >= 11 is 0. The van der Waals surface area contributed by atoms with Gasteiger partial charge in [0.2, 0.25) is 13.6 Å². The highest BCUT2D eigenvalue weighted by molar-refractivity contribution is 5.61. The SMILES string of the molecule is CC(COC(=O)OCC(C)c1cc2c(cc1[N+](=O)[O-])OCO2)c1cc2c(cc1[N+](=O)[O-])OCO2. The maximum absolute atomic E-state index is 12.1. The highest BCUT2D eigenvalue weighted by Crippen LogP contribution is 2.42. The number of ether oxygens (including phenoxy) is 6. The summed E-state index contributed by atoms with van der Waals surface area (Å²) in [5.41, 5.74) is 0.257. The van der Waals surface area contributed by atoms with E-state index in [1.807, 2.05) is 0 Å². The molecule has 0 amide bonds. The molecular formula is C21H20N2O11. The monoisotopic (exact) mass is 476 g/mol. The van der Waals surface area contributed by atoms with Crippen molar-refractivity contribution in [1.29, 1.82) is 0 Å². The first-order chi connectivity index (χ1) is 16.2. The van der Waals surface area contributed by atoms with Crippen LogP contribution in [0.15, 0.2) is 24.3 Å². The minimum atomic E-state index is -1.01. The topological polar surface area (TPSA) is 159 Å². The Morgan fingerprint density at radius 1 is 0.794 bits per heavy atom. The molecule has 0 radical (unpaired) electrons. The number of nitro benzene ring substituents is 2. The molecule has 0 bridgehead atoms. The lowest BCUT2D eigenvalue weighted by Gasteiger charge is -2.15. The highest BCUT2D eigenvalue weighted by atomic mass is 16.7. The van der Waals surface area contributed by atoms with Crippen LogP contribution in [0.25, 0.3) is 0 Å². The lowest BCUT2D eigenvalue weighted by molar-refractivity contribution is -0.385. The average Bonchev–Trinajstić information content (AvgIpc) is 3.47. The summed E-state index contributed by atoms with van der Waals surface area (Å²) in [7, 11) is 0. The van der Waals surface area contributed by atoms with Gasteiger partial charge in [-0.25, -0.2) is 4.79 Å². The minimum Gasteiger partial charge on any atom is -0.454 e. The molecule has 2 unspecified atom stereocenters. The average molecular weight is 476 g/mol. The van der Waals surface area contributed by atoms with Crippen LogP contribution in [0, 0.1) is 20.2 Å². The number of carbonyl (C=O) groups excluding carboxylic acids is 1. The maximum atomic E-state index is 12.1. The molecule has 2 heterocycles. The van der Waals surface area contributed by atoms with Crippen molar-refractivity contribution in [3.05, 3.63) is 55.6 Å². The fraction of sp³-hybridized carbons (Fsp3) is 0.381. The van der Waals surface area contributed by atoms with E-state index in [0.717, 1.165) is 0 Å². The number of hydrogen-bond donors (Lipinski definition) is 0. The molecule has 0 N–H and O–H groups in total. The number of nitro groups is 2. The molecule has 2 aliphatic heterocycles. The molecule has 0 fully saturated rings. The first kappa shape index (κ1) is 22.9. The lowest BCUT2D eigenvalue weighted by Crippen LogP contribution is -2.16. The normalized spacial score (nSPS) is 14.9. The first-order valence-corrected chi connectivity index (χ1v) is 10.2. The molecule has 2 aromatic rings. The summed E-state index contributed by atoms with van der Waals surface area (Å²) in [5, 5.41) is 22.9. The Morgan fingerprint density at radius 3 is 1.50 bits per heavy atom. The molecule has 13 nitrogen and oxygen atoms in total. The van der Waals surface area contributed by atoms with Gasteiger partial charge in [0.15, 0.2) is 23.0 Å². The Bertz CT molecular complexity index is 1060. The van der Waals surface area contributed by atoms with Gasteiger partial charge in [-0.2, -0.15) is 0 Å². The van der Waals surface area contributed by atoms with Crippen molar-refractivity contribution in [3.8, 4) is 23.0 Å². The van der Waals surface area contributed by atoms with Gasteiger partial charge < -0.3 is 28.4 Å². The number of hydrogen-bond acceptors (Lipinski definition) is 11. The van der Waals surface area contributed by atoms with Gasteiger partial charge in [-0.3, -0.25) is 20.2 Å². The van der Waals surface area contributed by atoms with Crippen LogP contribution in [0.4, 0.5) is 16.2 Å². The van der Waals surface area contributed by atoms with Gasteiger partial charge in [0, 0.05) is 23.0 Å². The molecule has 0 spiro atoms. The van der Waals surface area contributed by atoms with Crippen molar-refractivity contribution >= 4 is 17.5 Å². The van der Waals surface area contributed by atoms with Crippen LogP contribution in [-0.2, 0) is 9.47 Å². The van der Waals surface area contributed by atoms with E-state index < -0.39 is 27.8 Å². The zero-order valence-electron chi connectivity index (χ0n) is 18.2. The molecular weight excluding hydrogens is 456 g/mol. The second kappa shape index (κ2) is 9.29. The first-order valence-electron chi connectivity index (χ1n) is 10.2. The maximum Gasteiger partial charge on any atom is 0.508 e. The third-order valence-corrected chi connectivity index (χ3v) is 5.40. The quantitative estimate of drug-likeness (QED) is 0.307. The predicted molar refractivity (Wildman–Crippen MR) is 113 cm³/mol. The molecule has 0 aliphatic carbocycles. The van der Waals surface area contributed by atoms with E-state index in [2.05, 4.69) is 0 Å². The van der Waals surface area contributed by atoms with Crippen LogP contribution in [0.2, 0.25) is 0 Å². The van der Waals surface area contributed by atoms with Gasteiger partial charge in [0.05, 0.1) is 22.0 Å². The number of rotatable bonds is 8. The fourth-order valence-electron chi connectivity index (χ4n) is 3.61. The molecule has 13 heteroatoms. The van der Waals surface area contributed by atoms with Crippen molar-refractivity contribution in [3.63, 3.8) is 0 Å². The minimum absolute atomic E-state index is 0.0349. The van der Waals surface area contributed by atoms with Gasteiger partial charge in [-0.1, -0.05) is 13.8 Å². The number of fused-ring (bicyclic) bond motifs is 2. The molecule has 0 aromatic heterocycles. The van der Waals surface area contributed by atoms with Gasteiger partial charge in [-0.05, 0) is 12.1 Å². The highest BCUT2D eigenvalue weighted by Gasteiger charge is 2.29. The van der Waals surface area contributed by atoms with Crippen LogP contribution in [0.1, 0.15) is 36.8 Å². The lowest BCUT2D eigenvalue weighted by atomic mass is 9.99. The molecule has 34 heavy (non-hydrogen) atoms. The van der Waals surface area contributed by atoms with Gasteiger partial charge in [0.25, 0.3) is 11.4 Å². The van der Waals surface area contributed by atoms with Crippen LogP contribution in [-0.4, -0.2) is 42.8 Å². The largest absolute Gasteiger partial charge is 0.508 e. The van der Waals surface area contributed by atoms with Gasteiger partial charge in [-0.15, -0.1) is 0 Å². The number of carbonyl (C=O) groups is 1. The van der Waals surface area contributed by atoms with Crippen molar-refractivity contribution in [1.82, 2.24) is 0 Å². The second-order valence-corrected chi connectivity index (χ2v) is 7.72. The zero-order valence-corrected chi connectivity index (χ0v) is 18.2. The van der Waals surface area contributed by atoms with Crippen molar-refractivity contribution in [2.75, 3.05) is 26.8 Å². The third kappa shape index (κ3) is 4.58. The van der Waals surface area contributed by atoms with Crippen LogP contribution in [0.5, 0.6) is 23.0 Å². The number of nitrogens with zero attached hydrogens (tertiary/aromatic N) is 2. The van der Waals surface area contributed by atoms with Gasteiger partial charge in [0.1, 0.15) is 13.2 Å². The van der Waals surface area contributed by atoms with E-state index >= 15 is 0 Å². The smallest absolute Gasteiger partial charge is 0.454 e. The van der Waals surface area contributed by atoms with Crippen LogP contribution in [0.3, 0.4) is 0 Å². The fourth-order valence-corrected chi connectivity index (χ4v) is 3.61. The van der Waals surface area contributed by atoms with Crippen molar-refractivity contribution in [2.45, 2.75) is 25.7 Å². The van der Waals surface area contributed by atoms with Crippen molar-refractivity contribution < 1.29 is 43.1 Å². The van der Waals surface area contributed by atoms with Crippen LogP contribution < -0.4 is 18.9 Å². The van der Waals surface area contributed by atoms with Crippen LogP contribution >= 0.6 is 0 Å². The molecule has 4 rings (SSSR count). The summed E-state index contributed by atoms with van der Waals surface area (Å²) in [6.45, 7) is 2.84. The predicted octanol–water partition coefficient (Wildman–Crippen LogP) is 4.02. The summed E-state index contributed by atoms with van der Waals surface area (Å²) in [6, 6.07) is 5.51. The third-order valence-electron chi connectivity index (χ3n) is 5.40. The molecule has 2 aliphatic rings. The Kier molecular flexibility index (Phi) is 6.25. The number of benzene rings is 2. The van der Waals surface area contributed by atoms with E-state index in [-0.39, 0.29) is 49.7 Å². The summed E-state index contributed by atoms with van der Waals surface area (Å²) in [5.74, 6) is 0.192. The van der Waals surface area contributed by atoms with E-state index in [0.29, 0.717) is 22.6 Å². The van der Waals surface area contributed by atoms with E-state index in [1.54, 1.807) is 13.8 Å². The molecule has 2 atom stereocenters. The molecule has 0 saturated carbocycles. The zero-order chi connectivity index (χ0) is 24.4. The standard InChI is InChI=1S/C21H20N2O11/c1-11(13-3-17-19(33-9-31-17)5-15(13)22(25)26)7-29-21(24)30-8-12(2)14-4-18-20(34-10-32-18)6-16(14)23(27)28/h3-6,11-12H,7-10H2,1-2H3. The van der Waals surface area contributed by atoms with E-state index in [4.69, 9.17) is 28.4 Å².